The molecular formula is C16H27N3O4S. The van der Waals surface area contributed by atoms with E-state index in [1.807, 2.05) is 0 Å². The van der Waals surface area contributed by atoms with Crippen LogP contribution in [0, 0.1) is 19.3 Å². The summed E-state index contributed by atoms with van der Waals surface area (Å²) in [4.78, 5) is 0.341. The second-order valence-corrected chi connectivity index (χ2v) is 8.88. The highest BCUT2D eigenvalue weighted by atomic mass is 32.2. The van der Waals surface area contributed by atoms with Crippen molar-refractivity contribution in [1.29, 1.82) is 0 Å². The summed E-state index contributed by atoms with van der Waals surface area (Å²) < 4.78 is 41.1. The number of methoxy groups -OCH3 is 1. The van der Waals surface area contributed by atoms with E-state index in [9.17, 15) is 8.42 Å². The lowest BCUT2D eigenvalue weighted by molar-refractivity contribution is -0.137. The van der Waals surface area contributed by atoms with Gasteiger partial charge in [0.05, 0.1) is 24.1 Å². The van der Waals surface area contributed by atoms with Crippen molar-refractivity contribution >= 4 is 10.0 Å². The van der Waals surface area contributed by atoms with E-state index < -0.39 is 10.0 Å². The SMILES string of the molecule is COC[C@@]12CCCO[C@H]1CCN(S(=O)(=O)c1c(C)nn(C)c1C)C2. The average Bonchev–Trinajstić information content (AvgIpc) is 2.79. The van der Waals surface area contributed by atoms with Gasteiger partial charge in [0.15, 0.2) is 0 Å². The maximum Gasteiger partial charge on any atom is 0.246 e. The lowest BCUT2D eigenvalue weighted by Gasteiger charge is -2.49. The van der Waals surface area contributed by atoms with Crippen LogP contribution in [-0.4, -0.2) is 62.0 Å². The molecule has 24 heavy (non-hydrogen) atoms. The zero-order chi connectivity index (χ0) is 17.5. The zero-order valence-corrected chi connectivity index (χ0v) is 15.7. The highest BCUT2D eigenvalue weighted by Crippen LogP contribution is 2.42. The Kier molecular flexibility index (Phi) is 4.76. The molecule has 0 bridgehead atoms. The minimum Gasteiger partial charge on any atom is -0.384 e. The summed E-state index contributed by atoms with van der Waals surface area (Å²) in [6, 6.07) is 0. The van der Waals surface area contributed by atoms with Crippen LogP contribution in [0.2, 0.25) is 0 Å². The van der Waals surface area contributed by atoms with Crippen LogP contribution >= 0.6 is 0 Å². The molecule has 2 atom stereocenters. The molecule has 0 saturated carbocycles. The van der Waals surface area contributed by atoms with Crippen molar-refractivity contribution in [2.45, 2.75) is 44.1 Å². The Morgan fingerprint density at radius 2 is 2.17 bits per heavy atom. The molecular weight excluding hydrogens is 330 g/mol. The van der Waals surface area contributed by atoms with Crippen LogP contribution in [0.3, 0.4) is 0 Å². The Morgan fingerprint density at radius 3 is 2.79 bits per heavy atom. The van der Waals surface area contributed by atoms with Gasteiger partial charge in [-0.15, -0.1) is 0 Å². The van der Waals surface area contributed by atoms with Crippen molar-refractivity contribution in [3.05, 3.63) is 11.4 Å². The highest BCUT2D eigenvalue weighted by molar-refractivity contribution is 7.89. The zero-order valence-electron chi connectivity index (χ0n) is 14.9. The quantitative estimate of drug-likeness (QED) is 0.811. The van der Waals surface area contributed by atoms with Gasteiger partial charge >= 0.3 is 0 Å². The fourth-order valence-electron chi connectivity index (χ4n) is 4.21. The Hall–Kier alpha value is -0.960. The van der Waals surface area contributed by atoms with Crippen molar-refractivity contribution in [1.82, 2.24) is 14.1 Å². The van der Waals surface area contributed by atoms with Crippen molar-refractivity contribution in [2.24, 2.45) is 12.5 Å². The molecule has 0 aliphatic carbocycles. The topological polar surface area (TPSA) is 73.7 Å². The molecule has 8 heteroatoms. The summed E-state index contributed by atoms with van der Waals surface area (Å²) in [5, 5.41) is 4.27. The smallest absolute Gasteiger partial charge is 0.246 e. The highest BCUT2D eigenvalue weighted by Gasteiger charge is 2.49. The molecule has 136 valence electrons. The molecule has 0 amide bonds. The van der Waals surface area contributed by atoms with Crippen LogP contribution in [0.1, 0.15) is 30.7 Å². The lowest BCUT2D eigenvalue weighted by atomic mass is 9.73. The molecule has 2 saturated heterocycles. The summed E-state index contributed by atoms with van der Waals surface area (Å²) >= 11 is 0. The van der Waals surface area contributed by atoms with E-state index in [0.29, 0.717) is 42.4 Å². The van der Waals surface area contributed by atoms with Crippen LogP contribution in [0.25, 0.3) is 0 Å². The molecule has 0 N–H and O–H groups in total. The molecule has 7 nitrogen and oxygen atoms in total. The van der Waals surface area contributed by atoms with Crippen molar-refractivity contribution in [3.63, 3.8) is 0 Å². The van der Waals surface area contributed by atoms with Gasteiger partial charge in [0, 0.05) is 39.3 Å². The minimum atomic E-state index is -3.57. The van der Waals surface area contributed by atoms with Crippen LogP contribution in [0.15, 0.2) is 4.90 Å². The van der Waals surface area contributed by atoms with Crippen molar-refractivity contribution in [3.8, 4) is 0 Å². The maximum absolute atomic E-state index is 13.3. The average molecular weight is 357 g/mol. The van der Waals surface area contributed by atoms with E-state index >= 15 is 0 Å². The predicted molar refractivity (Wildman–Crippen MR) is 89.3 cm³/mol. The molecule has 2 aliphatic heterocycles. The molecule has 0 aromatic carbocycles. The second kappa shape index (κ2) is 6.40. The van der Waals surface area contributed by atoms with Gasteiger partial charge < -0.3 is 9.47 Å². The summed E-state index contributed by atoms with van der Waals surface area (Å²) in [5.74, 6) is 0. The number of piperidine rings is 1. The first-order valence-electron chi connectivity index (χ1n) is 8.43. The van der Waals surface area contributed by atoms with Gasteiger partial charge in [-0.1, -0.05) is 0 Å². The summed E-state index contributed by atoms with van der Waals surface area (Å²) in [5.41, 5.74) is 0.982. The molecule has 1 aromatic heterocycles. The maximum atomic E-state index is 13.3. The van der Waals surface area contributed by atoms with Crippen LogP contribution in [0.4, 0.5) is 0 Å². The first kappa shape index (κ1) is 17.8. The monoisotopic (exact) mass is 357 g/mol. The molecule has 3 rings (SSSR count). The molecule has 3 heterocycles. The number of ether oxygens (including phenoxy) is 2. The van der Waals surface area contributed by atoms with Gasteiger partial charge in [0.2, 0.25) is 10.0 Å². The first-order valence-corrected chi connectivity index (χ1v) is 9.87. The van der Waals surface area contributed by atoms with Gasteiger partial charge in [0.1, 0.15) is 4.90 Å². The van der Waals surface area contributed by atoms with Crippen LogP contribution in [-0.2, 0) is 26.5 Å². The third-order valence-corrected chi connectivity index (χ3v) is 7.52. The third kappa shape index (κ3) is 2.79. The van der Waals surface area contributed by atoms with Crippen molar-refractivity contribution < 1.29 is 17.9 Å². The van der Waals surface area contributed by atoms with E-state index in [-0.39, 0.29) is 11.5 Å². The number of hydrogen-bond donors (Lipinski definition) is 0. The predicted octanol–water partition coefficient (Wildman–Crippen LogP) is 1.24. The first-order chi connectivity index (χ1) is 11.3. The molecule has 2 aliphatic rings. The van der Waals surface area contributed by atoms with E-state index in [1.54, 1.807) is 37.0 Å². The van der Waals surface area contributed by atoms with Gasteiger partial charge in [0.25, 0.3) is 0 Å². The van der Waals surface area contributed by atoms with Gasteiger partial charge in [-0.05, 0) is 33.1 Å². The van der Waals surface area contributed by atoms with Crippen molar-refractivity contribution in [2.75, 3.05) is 33.4 Å². The Balaban J connectivity index is 1.94. The molecule has 2 fully saturated rings. The normalized spacial score (nSPS) is 28.8. The molecule has 0 unspecified atom stereocenters. The number of nitrogens with zero attached hydrogens (tertiary/aromatic N) is 3. The summed E-state index contributed by atoms with van der Waals surface area (Å²) in [7, 11) is -0.128. The standard InChI is InChI=1S/C16H27N3O4S/c1-12-15(13(2)18(3)17-12)24(20,21)19-8-6-14-16(10-19,11-22-4)7-5-9-23-14/h14H,5-11H2,1-4H3/t14-,16-/m0/s1. The summed E-state index contributed by atoms with van der Waals surface area (Å²) in [6.07, 6.45) is 2.66. The molecule has 0 spiro atoms. The number of sulfonamides is 1. The van der Waals surface area contributed by atoms with Gasteiger partial charge in [-0.3, -0.25) is 4.68 Å². The van der Waals surface area contributed by atoms with E-state index in [4.69, 9.17) is 9.47 Å². The van der Waals surface area contributed by atoms with Gasteiger partial charge in [-0.2, -0.15) is 9.40 Å². The number of aromatic nitrogens is 2. The van der Waals surface area contributed by atoms with E-state index in [1.165, 1.54) is 0 Å². The Morgan fingerprint density at radius 1 is 1.42 bits per heavy atom. The fourth-order valence-corrected chi connectivity index (χ4v) is 6.16. The Labute approximate surface area is 144 Å². The van der Waals surface area contributed by atoms with E-state index in [0.717, 1.165) is 19.4 Å². The number of fused-ring (bicyclic) bond motifs is 1. The summed E-state index contributed by atoms with van der Waals surface area (Å²) in [6.45, 7) is 5.75. The fraction of sp³-hybridized carbons (Fsp3) is 0.812. The van der Waals surface area contributed by atoms with Crippen LogP contribution < -0.4 is 0 Å². The third-order valence-electron chi connectivity index (χ3n) is 5.43. The number of aryl methyl sites for hydroxylation is 2. The number of rotatable bonds is 4. The lowest BCUT2D eigenvalue weighted by Crippen LogP contribution is -2.57. The Bertz CT molecular complexity index is 711. The minimum absolute atomic E-state index is 0.0775. The molecule has 1 aromatic rings. The van der Waals surface area contributed by atoms with E-state index in [2.05, 4.69) is 5.10 Å². The van der Waals surface area contributed by atoms with Crippen LogP contribution in [0.5, 0.6) is 0 Å². The second-order valence-electron chi connectivity index (χ2n) is 7.01. The largest absolute Gasteiger partial charge is 0.384 e. The number of hydrogen-bond acceptors (Lipinski definition) is 5. The van der Waals surface area contributed by atoms with Gasteiger partial charge in [-0.25, -0.2) is 8.42 Å². The molecule has 0 radical (unpaired) electrons.